The maximum Gasteiger partial charge on any atom is 0.416 e. The topological polar surface area (TPSA) is 89.2 Å². The number of nitrogens with zero attached hydrogens (tertiary/aromatic N) is 7. The number of aromatic nitrogens is 5. The molecule has 0 bridgehead atoms. The van der Waals surface area contributed by atoms with Gasteiger partial charge in [0.05, 0.1) is 29.2 Å². The number of sulfonamides is 1. The van der Waals surface area contributed by atoms with Crippen LogP contribution in [0.1, 0.15) is 31.0 Å². The number of rotatable bonds is 6. The maximum atomic E-state index is 14.6. The number of benzene rings is 2. The van der Waals surface area contributed by atoms with Crippen molar-refractivity contribution in [2.24, 2.45) is 13.0 Å². The van der Waals surface area contributed by atoms with Crippen molar-refractivity contribution in [1.82, 2.24) is 34.0 Å². The van der Waals surface area contributed by atoms with Crippen molar-refractivity contribution in [2.45, 2.75) is 31.1 Å². The van der Waals surface area contributed by atoms with Crippen LogP contribution in [0.2, 0.25) is 0 Å². The summed E-state index contributed by atoms with van der Waals surface area (Å²) in [6.07, 6.45) is -2.15. The van der Waals surface area contributed by atoms with Crippen LogP contribution in [0.15, 0.2) is 53.8 Å². The van der Waals surface area contributed by atoms with Gasteiger partial charge >= 0.3 is 6.18 Å². The van der Waals surface area contributed by atoms with Gasteiger partial charge in [0, 0.05) is 44.7 Å². The van der Waals surface area contributed by atoms with Crippen LogP contribution in [0.25, 0.3) is 16.6 Å². The summed E-state index contributed by atoms with van der Waals surface area (Å²) in [6.45, 7) is 4.56. The predicted molar refractivity (Wildman–Crippen MR) is 135 cm³/mol. The van der Waals surface area contributed by atoms with Crippen LogP contribution in [0.3, 0.4) is 0 Å². The summed E-state index contributed by atoms with van der Waals surface area (Å²) in [5, 5.41) is 12.2. The van der Waals surface area contributed by atoms with E-state index in [4.69, 9.17) is 0 Å². The zero-order chi connectivity index (χ0) is 28.1. The minimum atomic E-state index is -4.73. The van der Waals surface area contributed by atoms with E-state index in [1.165, 1.54) is 52.6 Å². The summed E-state index contributed by atoms with van der Waals surface area (Å²) in [7, 11) is -2.59. The lowest BCUT2D eigenvalue weighted by molar-refractivity contribution is -0.138. The van der Waals surface area contributed by atoms with Gasteiger partial charge in [-0.05, 0) is 47.9 Å². The molecule has 1 aliphatic rings. The summed E-state index contributed by atoms with van der Waals surface area (Å²) in [4.78, 5) is 3.02. The molecule has 2 aromatic heterocycles. The molecule has 5 rings (SSSR count). The first-order chi connectivity index (χ1) is 18.3. The van der Waals surface area contributed by atoms with Crippen LogP contribution in [0, 0.1) is 11.7 Å². The summed E-state index contributed by atoms with van der Waals surface area (Å²) < 4.78 is 86.2. The molecule has 0 N–H and O–H groups in total. The van der Waals surface area contributed by atoms with E-state index in [0.717, 1.165) is 17.1 Å². The Bertz CT molecular complexity index is 1600. The fourth-order valence-electron chi connectivity index (χ4n) is 4.97. The highest BCUT2D eigenvalue weighted by molar-refractivity contribution is 7.89. The van der Waals surface area contributed by atoms with Gasteiger partial charge in [0.1, 0.15) is 5.82 Å². The third-order valence-electron chi connectivity index (χ3n) is 6.71. The molecule has 9 nitrogen and oxygen atoms in total. The summed E-state index contributed by atoms with van der Waals surface area (Å²) in [6, 6.07) is 6.88. The van der Waals surface area contributed by atoms with E-state index in [2.05, 4.69) is 15.3 Å². The first-order valence-electron chi connectivity index (χ1n) is 12.3. The maximum absolute atomic E-state index is 14.6. The Labute approximate surface area is 222 Å². The first-order valence-corrected chi connectivity index (χ1v) is 13.7. The normalized spacial score (nSPS) is 17.9. The average molecular weight is 566 g/mol. The fraction of sp³-hybridized carbons (Fsp3) is 0.400. The molecule has 0 spiro atoms. The largest absolute Gasteiger partial charge is 0.416 e. The zero-order valence-electron chi connectivity index (χ0n) is 21.5. The summed E-state index contributed by atoms with van der Waals surface area (Å²) in [5.74, 6) is -0.341. The van der Waals surface area contributed by atoms with Crippen LogP contribution in [-0.4, -0.2) is 68.6 Å². The van der Waals surface area contributed by atoms with Crippen LogP contribution in [0.5, 0.6) is 0 Å². The lowest BCUT2D eigenvalue weighted by Crippen LogP contribution is -2.51. The highest BCUT2D eigenvalue weighted by atomic mass is 32.2. The van der Waals surface area contributed by atoms with Crippen LogP contribution < -0.4 is 0 Å². The Morgan fingerprint density at radius 3 is 2.38 bits per heavy atom. The second-order valence-corrected chi connectivity index (χ2v) is 11.9. The van der Waals surface area contributed by atoms with E-state index in [0.29, 0.717) is 17.6 Å². The monoisotopic (exact) mass is 565 g/mol. The lowest BCUT2D eigenvalue weighted by Gasteiger charge is -2.42. The van der Waals surface area contributed by atoms with Crippen molar-refractivity contribution >= 4 is 20.9 Å². The molecule has 1 atom stereocenters. The molecule has 0 saturated carbocycles. The van der Waals surface area contributed by atoms with E-state index in [1.807, 2.05) is 18.7 Å². The predicted octanol–water partition coefficient (Wildman–Crippen LogP) is 4.02. The minimum Gasteiger partial charge on any atom is -0.293 e. The molecular formula is C25H27F4N7O2S. The van der Waals surface area contributed by atoms with Crippen molar-refractivity contribution in [3.63, 3.8) is 0 Å². The van der Waals surface area contributed by atoms with Crippen LogP contribution in [0.4, 0.5) is 17.6 Å². The Morgan fingerprint density at radius 2 is 1.77 bits per heavy atom. The molecule has 14 heteroatoms. The molecule has 208 valence electrons. The SMILES string of the molecule is CC(C)CN1CCN(S(=O)(=O)c2cnn(C)n2)CC1c1cc2cnn(-c3ccc(F)cc3)c2cc1C(F)(F)F. The fourth-order valence-corrected chi connectivity index (χ4v) is 6.30. The van der Waals surface area contributed by atoms with Gasteiger partial charge in [-0.1, -0.05) is 13.8 Å². The second-order valence-electron chi connectivity index (χ2n) is 9.97. The smallest absolute Gasteiger partial charge is 0.293 e. The van der Waals surface area contributed by atoms with Gasteiger partial charge in [-0.2, -0.15) is 32.5 Å². The second kappa shape index (κ2) is 9.99. The minimum absolute atomic E-state index is 0.0339. The molecular weight excluding hydrogens is 538 g/mol. The van der Waals surface area contributed by atoms with E-state index in [1.54, 1.807) is 0 Å². The van der Waals surface area contributed by atoms with Crippen molar-refractivity contribution in [3.8, 4) is 5.69 Å². The number of hydrogen-bond acceptors (Lipinski definition) is 6. The molecule has 1 unspecified atom stereocenters. The third kappa shape index (κ3) is 5.28. The van der Waals surface area contributed by atoms with Crippen molar-refractivity contribution < 1.29 is 26.0 Å². The Balaban J connectivity index is 1.62. The molecule has 1 aliphatic heterocycles. The van der Waals surface area contributed by atoms with Gasteiger partial charge in [0.25, 0.3) is 10.0 Å². The lowest BCUT2D eigenvalue weighted by atomic mass is 9.94. The molecule has 4 aromatic rings. The van der Waals surface area contributed by atoms with Gasteiger partial charge in [-0.25, -0.2) is 17.5 Å². The Morgan fingerprint density at radius 1 is 1.05 bits per heavy atom. The molecule has 1 saturated heterocycles. The van der Waals surface area contributed by atoms with Crippen molar-refractivity contribution in [1.29, 1.82) is 0 Å². The number of aryl methyl sites for hydroxylation is 1. The van der Waals surface area contributed by atoms with Gasteiger partial charge in [-0.15, -0.1) is 5.10 Å². The van der Waals surface area contributed by atoms with Crippen LogP contribution in [-0.2, 0) is 23.2 Å². The molecule has 0 amide bonds. The zero-order valence-corrected chi connectivity index (χ0v) is 22.3. The number of fused-ring (bicyclic) bond motifs is 1. The van der Waals surface area contributed by atoms with E-state index >= 15 is 0 Å². The van der Waals surface area contributed by atoms with Gasteiger partial charge in [-0.3, -0.25) is 4.90 Å². The van der Waals surface area contributed by atoms with E-state index in [9.17, 15) is 26.0 Å². The molecule has 3 heterocycles. The Hall–Kier alpha value is -3.36. The van der Waals surface area contributed by atoms with E-state index in [-0.39, 0.29) is 41.7 Å². The van der Waals surface area contributed by atoms with Gasteiger partial charge in [0.15, 0.2) is 0 Å². The average Bonchev–Trinajstić information content (AvgIpc) is 3.49. The molecule has 1 fully saturated rings. The highest BCUT2D eigenvalue weighted by Crippen LogP contribution is 2.41. The molecule has 0 aliphatic carbocycles. The number of piperazine rings is 1. The molecule has 39 heavy (non-hydrogen) atoms. The molecule has 2 aromatic carbocycles. The summed E-state index contributed by atoms with van der Waals surface area (Å²) >= 11 is 0. The third-order valence-corrected chi connectivity index (χ3v) is 8.44. The van der Waals surface area contributed by atoms with Crippen LogP contribution >= 0.6 is 0 Å². The molecule has 0 radical (unpaired) electrons. The summed E-state index contributed by atoms with van der Waals surface area (Å²) in [5.41, 5.74) is -0.301. The Kier molecular flexibility index (Phi) is 6.97. The van der Waals surface area contributed by atoms with Crippen molar-refractivity contribution in [2.75, 3.05) is 26.2 Å². The number of hydrogen-bond donors (Lipinski definition) is 0. The highest BCUT2D eigenvalue weighted by Gasteiger charge is 2.42. The van der Waals surface area contributed by atoms with Crippen molar-refractivity contribution in [3.05, 3.63) is 65.7 Å². The van der Waals surface area contributed by atoms with Gasteiger partial charge in [0.2, 0.25) is 5.03 Å². The first kappa shape index (κ1) is 27.2. The number of alkyl halides is 3. The standard InChI is InChI=1S/C25H27F4N7O2S/c1-16(2)14-34-8-9-35(39(37,38)24-13-30-33(3)32-24)15-23(34)20-10-17-12-31-36(19-6-4-18(26)5-7-19)22(17)11-21(20)25(27,28)29/h4-7,10-13,16,23H,8-9,14-15H2,1-3H3. The van der Waals surface area contributed by atoms with E-state index < -0.39 is 33.6 Å². The van der Waals surface area contributed by atoms with Gasteiger partial charge < -0.3 is 0 Å². The quantitative estimate of drug-likeness (QED) is 0.328. The number of halogens is 4.